The minimum atomic E-state index is -3.22. The van der Waals surface area contributed by atoms with Gasteiger partial charge >= 0.3 is 6.09 Å². The molecule has 0 spiro atoms. The summed E-state index contributed by atoms with van der Waals surface area (Å²) in [5.41, 5.74) is -0.994. The number of carbonyl (C=O) groups excluding carboxylic acids is 1. The number of nitriles is 1. The van der Waals surface area contributed by atoms with Gasteiger partial charge in [-0.3, -0.25) is 0 Å². The smallest absolute Gasteiger partial charge is 0.407 e. The third-order valence-electron chi connectivity index (χ3n) is 4.32. The number of halogens is 4. The lowest BCUT2D eigenvalue weighted by Crippen LogP contribution is -2.62. The lowest BCUT2D eigenvalue weighted by Gasteiger charge is -2.43. The van der Waals surface area contributed by atoms with Crippen LogP contribution in [0.1, 0.15) is 45.6 Å². The van der Waals surface area contributed by atoms with Crippen molar-refractivity contribution in [3.8, 4) is 6.07 Å². The number of anilines is 1. The first-order valence-corrected chi connectivity index (χ1v) is 9.10. The number of hydrogen-bond donors (Lipinski definition) is 1. The van der Waals surface area contributed by atoms with E-state index in [-0.39, 0.29) is 23.6 Å². The Labute approximate surface area is 166 Å². The fourth-order valence-corrected chi connectivity index (χ4v) is 3.41. The number of nitrogens with zero attached hydrogens (tertiary/aromatic N) is 3. The van der Waals surface area contributed by atoms with E-state index >= 15 is 0 Å². The molecule has 1 aromatic heterocycles. The minimum absolute atomic E-state index is 0.182. The van der Waals surface area contributed by atoms with E-state index in [0.717, 1.165) is 11.0 Å². The van der Waals surface area contributed by atoms with Crippen molar-refractivity contribution < 1.29 is 22.7 Å². The van der Waals surface area contributed by atoms with E-state index in [9.17, 15) is 18.0 Å². The second-order valence-electron chi connectivity index (χ2n) is 7.71. The summed E-state index contributed by atoms with van der Waals surface area (Å²) < 4.78 is 49.1. The Balaban J connectivity index is 2.35. The number of amides is 1. The van der Waals surface area contributed by atoms with Crippen LogP contribution < -0.4 is 10.2 Å². The Morgan fingerprint density at radius 1 is 1.50 bits per heavy atom. The molecule has 2 atom stereocenters. The molecule has 0 bridgehead atoms. The van der Waals surface area contributed by atoms with Gasteiger partial charge in [0.2, 0.25) is 0 Å². The number of alkyl halides is 2. The average molecular weight is 419 g/mol. The van der Waals surface area contributed by atoms with Gasteiger partial charge in [0.25, 0.3) is 5.92 Å². The second-order valence-corrected chi connectivity index (χ2v) is 8.06. The maximum atomic E-state index is 14.8. The van der Waals surface area contributed by atoms with Crippen molar-refractivity contribution in [1.29, 1.82) is 5.26 Å². The molecule has 0 aliphatic heterocycles. The minimum Gasteiger partial charge on any atom is -0.444 e. The zero-order chi connectivity index (χ0) is 21.3. The molecule has 1 saturated carbocycles. The molecule has 1 aliphatic rings. The van der Waals surface area contributed by atoms with Crippen LogP contribution in [0.3, 0.4) is 0 Å². The van der Waals surface area contributed by atoms with Gasteiger partial charge in [-0.2, -0.15) is 5.26 Å². The van der Waals surface area contributed by atoms with Gasteiger partial charge < -0.3 is 15.0 Å². The maximum Gasteiger partial charge on any atom is 0.407 e. The van der Waals surface area contributed by atoms with E-state index < -0.39 is 47.8 Å². The summed E-state index contributed by atoms with van der Waals surface area (Å²) in [6, 6.07) is -0.0448. The number of hydrogen-bond acceptors (Lipinski definition) is 5. The summed E-state index contributed by atoms with van der Waals surface area (Å²) in [5.74, 6) is -4.60. The molecule has 1 N–H and O–H groups in total. The van der Waals surface area contributed by atoms with Gasteiger partial charge in [-0.25, -0.2) is 22.9 Å². The molecular formula is C18H22ClF3N4O2. The molecule has 2 rings (SSSR count). The van der Waals surface area contributed by atoms with Crippen LogP contribution in [-0.2, 0) is 4.74 Å². The summed E-state index contributed by atoms with van der Waals surface area (Å²) >= 11 is 5.84. The molecule has 10 heteroatoms. The number of pyridine rings is 1. The number of rotatable bonds is 3. The molecule has 28 heavy (non-hydrogen) atoms. The molecule has 1 heterocycles. The van der Waals surface area contributed by atoms with Gasteiger partial charge in [-0.05, 0) is 39.7 Å². The fourth-order valence-electron chi connectivity index (χ4n) is 3.24. The lowest BCUT2D eigenvalue weighted by atomic mass is 9.86. The summed E-state index contributed by atoms with van der Waals surface area (Å²) in [6.45, 7) is 4.97. The quantitative estimate of drug-likeness (QED) is 0.742. The molecule has 1 fully saturated rings. The second kappa shape index (κ2) is 8.03. The van der Waals surface area contributed by atoms with Crippen LogP contribution in [0.4, 0.5) is 23.8 Å². The van der Waals surface area contributed by atoms with Crippen LogP contribution >= 0.6 is 11.6 Å². The Morgan fingerprint density at radius 3 is 2.71 bits per heavy atom. The van der Waals surface area contributed by atoms with Gasteiger partial charge in [0.1, 0.15) is 22.9 Å². The number of likely N-dealkylation sites (N-methyl/N-ethyl adjacent to an activating group) is 1. The van der Waals surface area contributed by atoms with Crippen LogP contribution in [0, 0.1) is 17.1 Å². The molecule has 1 amide bonds. The van der Waals surface area contributed by atoms with E-state index in [4.69, 9.17) is 21.6 Å². The molecule has 0 unspecified atom stereocenters. The van der Waals surface area contributed by atoms with Crippen LogP contribution in [0.25, 0.3) is 0 Å². The first kappa shape index (κ1) is 22.1. The fraction of sp³-hybridized carbons (Fsp3) is 0.611. The average Bonchev–Trinajstić information content (AvgIpc) is 2.53. The van der Waals surface area contributed by atoms with E-state index in [2.05, 4.69) is 10.3 Å². The summed E-state index contributed by atoms with van der Waals surface area (Å²) in [6.07, 6.45) is -0.808. The first-order chi connectivity index (χ1) is 12.9. The van der Waals surface area contributed by atoms with Crippen molar-refractivity contribution in [2.24, 2.45) is 0 Å². The van der Waals surface area contributed by atoms with Crippen LogP contribution in [-0.4, -0.2) is 41.7 Å². The third-order valence-corrected chi connectivity index (χ3v) is 4.61. The number of nitrogens with one attached hydrogen (secondary N) is 1. The van der Waals surface area contributed by atoms with E-state index in [1.165, 1.54) is 7.05 Å². The largest absolute Gasteiger partial charge is 0.444 e. The zero-order valence-electron chi connectivity index (χ0n) is 16.0. The van der Waals surface area contributed by atoms with Crippen molar-refractivity contribution in [1.82, 2.24) is 10.3 Å². The Kier molecular flexibility index (Phi) is 6.34. The van der Waals surface area contributed by atoms with Crippen molar-refractivity contribution in [2.45, 2.75) is 63.6 Å². The van der Waals surface area contributed by atoms with Gasteiger partial charge in [-0.15, -0.1) is 0 Å². The Hall–Kier alpha value is -2.21. The highest BCUT2D eigenvalue weighted by molar-refractivity contribution is 6.30. The van der Waals surface area contributed by atoms with E-state index in [1.807, 2.05) is 0 Å². The topological polar surface area (TPSA) is 78.3 Å². The molecule has 1 aromatic rings. The van der Waals surface area contributed by atoms with Crippen molar-refractivity contribution in [2.75, 3.05) is 11.9 Å². The van der Waals surface area contributed by atoms with Crippen molar-refractivity contribution in [3.05, 3.63) is 22.6 Å². The number of alkyl carbamates (subject to hydrolysis) is 1. The molecular weight excluding hydrogens is 397 g/mol. The SMILES string of the molecule is CN(c1nc(Cl)c(C#N)cc1F)[C@H]1[C@@H](NC(=O)OC(C)(C)C)CCCC1(F)F. The van der Waals surface area contributed by atoms with Gasteiger partial charge in [-0.1, -0.05) is 11.6 Å². The van der Waals surface area contributed by atoms with Crippen molar-refractivity contribution in [3.63, 3.8) is 0 Å². The molecule has 1 aliphatic carbocycles. The molecule has 0 aromatic carbocycles. The summed E-state index contributed by atoms with van der Waals surface area (Å²) in [4.78, 5) is 16.8. The van der Waals surface area contributed by atoms with Crippen molar-refractivity contribution >= 4 is 23.5 Å². The highest BCUT2D eigenvalue weighted by Gasteiger charge is 2.50. The molecule has 154 valence electrons. The highest BCUT2D eigenvalue weighted by atomic mass is 35.5. The monoisotopic (exact) mass is 418 g/mol. The van der Waals surface area contributed by atoms with Gasteiger partial charge in [0.05, 0.1) is 11.6 Å². The van der Waals surface area contributed by atoms with Crippen LogP contribution in [0.2, 0.25) is 5.15 Å². The zero-order valence-corrected chi connectivity index (χ0v) is 16.8. The maximum absolute atomic E-state index is 14.8. The third kappa shape index (κ3) is 4.98. The Morgan fingerprint density at radius 2 is 2.14 bits per heavy atom. The molecule has 0 saturated heterocycles. The van der Waals surface area contributed by atoms with E-state index in [0.29, 0.717) is 0 Å². The molecule has 0 radical (unpaired) electrons. The van der Waals surface area contributed by atoms with E-state index in [1.54, 1.807) is 26.8 Å². The highest BCUT2D eigenvalue weighted by Crippen LogP contribution is 2.39. The predicted molar refractivity (Wildman–Crippen MR) is 98.1 cm³/mol. The summed E-state index contributed by atoms with van der Waals surface area (Å²) in [5, 5.41) is 11.1. The first-order valence-electron chi connectivity index (χ1n) is 8.72. The predicted octanol–water partition coefficient (Wildman–Crippen LogP) is 4.26. The standard InChI is InChI=1S/C18H22ClF3N4O2/c1-17(2,3)28-16(27)24-12-6-5-7-18(21,22)13(12)26(4)15-11(20)8-10(9-23)14(19)25-15/h8,12-13H,5-7H2,1-4H3,(H,24,27)/t12-,13-/m0/s1. The van der Waals surface area contributed by atoms with Gasteiger partial charge in [0.15, 0.2) is 11.6 Å². The van der Waals surface area contributed by atoms with Gasteiger partial charge in [0, 0.05) is 13.5 Å². The normalized spacial score (nSPS) is 21.5. The number of aromatic nitrogens is 1. The number of carbonyl (C=O) groups is 1. The number of ether oxygens (including phenoxy) is 1. The summed E-state index contributed by atoms with van der Waals surface area (Å²) in [7, 11) is 1.25. The molecule has 6 nitrogen and oxygen atoms in total. The van der Waals surface area contributed by atoms with Crippen LogP contribution in [0.15, 0.2) is 6.07 Å². The lowest BCUT2D eigenvalue weighted by molar-refractivity contribution is -0.0643. The van der Waals surface area contributed by atoms with Crippen LogP contribution in [0.5, 0.6) is 0 Å². The Bertz CT molecular complexity index is 792.